The molecule has 0 saturated heterocycles. The van der Waals surface area contributed by atoms with Crippen LogP contribution in [0.5, 0.6) is 0 Å². The topological polar surface area (TPSA) is 9.23 Å². The predicted molar refractivity (Wildman–Crippen MR) is 40.4 cm³/mol. The summed E-state index contributed by atoms with van der Waals surface area (Å²) in [6.07, 6.45) is 3.86. The fourth-order valence-electron chi connectivity index (χ4n) is 0.708. The molecule has 0 spiro atoms. The van der Waals surface area contributed by atoms with Crippen molar-refractivity contribution in [3.8, 4) is 0 Å². The summed E-state index contributed by atoms with van der Waals surface area (Å²) in [4.78, 5) is 0. The van der Waals surface area contributed by atoms with Crippen LogP contribution in [0, 0.1) is 5.92 Å². The summed E-state index contributed by atoms with van der Waals surface area (Å²) >= 11 is 1.20. The molecular formula is C7H15OSn. The van der Waals surface area contributed by atoms with Gasteiger partial charge in [-0.1, -0.05) is 0 Å². The van der Waals surface area contributed by atoms with E-state index in [1.807, 2.05) is 0 Å². The minimum atomic E-state index is 0.885. The molecule has 0 bridgehead atoms. The third-order valence-electron chi connectivity index (χ3n) is 1.64. The molecule has 1 unspecified atom stereocenters. The van der Waals surface area contributed by atoms with Crippen molar-refractivity contribution in [3.05, 3.63) is 0 Å². The third-order valence-corrected chi connectivity index (χ3v) is 2.22. The first-order valence-electron chi connectivity index (χ1n) is 3.59. The van der Waals surface area contributed by atoms with Gasteiger partial charge in [0.05, 0.1) is 0 Å². The number of hydrogen-bond donors (Lipinski definition) is 0. The minimum absolute atomic E-state index is 0.885. The van der Waals surface area contributed by atoms with E-state index in [-0.39, 0.29) is 0 Å². The second-order valence-electron chi connectivity index (χ2n) is 2.50. The van der Waals surface area contributed by atoms with Crippen LogP contribution in [0.15, 0.2) is 0 Å². The molecule has 2 heteroatoms. The molecule has 1 atom stereocenters. The van der Waals surface area contributed by atoms with Gasteiger partial charge < -0.3 is 0 Å². The molecule has 0 N–H and O–H groups in total. The molecule has 9 heavy (non-hydrogen) atoms. The maximum absolute atomic E-state index is 5.03. The molecule has 0 saturated carbocycles. The van der Waals surface area contributed by atoms with E-state index in [4.69, 9.17) is 3.07 Å². The quantitative estimate of drug-likeness (QED) is 0.521. The SMILES string of the molecule is CCC(C)CCC[O][Sn]. The second-order valence-corrected chi connectivity index (χ2v) is 3.33. The molecule has 0 aromatic heterocycles. The van der Waals surface area contributed by atoms with Crippen LogP contribution in [-0.2, 0) is 3.07 Å². The van der Waals surface area contributed by atoms with Gasteiger partial charge in [-0.3, -0.25) is 0 Å². The van der Waals surface area contributed by atoms with Crippen LogP contribution < -0.4 is 0 Å². The first kappa shape index (κ1) is 9.76. The van der Waals surface area contributed by atoms with E-state index in [0.717, 1.165) is 12.5 Å². The van der Waals surface area contributed by atoms with Gasteiger partial charge in [-0.15, -0.1) is 0 Å². The molecule has 3 radical (unpaired) electrons. The van der Waals surface area contributed by atoms with Gasteiger partial charge in [0.1, 0.15) is 0 Å². The fraction of sp³-hybridized carbons (Fsp3) is 1.00. The van der Waals surface area contributed by atoms with E-state index < -0.39 is 0 Å². The Bertz CT molecular complexity index is 56.9. The molecule has 0 aliphatic rings. The van der Waals surface area contributed by atoms with Crippen LogP contribution in [0.3, 0.4) is 0 Å². The van der Waals surface area contributed by atoms with Crippen LogP contribution in [0.4, 0.5) is 0 Å². The van der Waals surface area contributed by atoms with Crippen molar-refractivity contribution in [3.63, 3.8) is 0 Å². The molecule has 0 amide bonds. The molecule has 0 aliphatic heterocycles. The van der Waals surface area contributed by atoms with Crippen LogP contribution >= 0.6 is 0 Å². The molecule has 0 aliphatic carbocycles. The van der Waals surface area contributed by atoms with Crippen LogP contribution in [-0.4, -0.2) is 29.5 Å². The van der Waals surface area contributed by atoms with Crippen LogP contribution in [0.1, 0.15) is 33.1 Å². The zero-order valence-corrected chi connectivity index (χ0v) is 9.17. The summed E-state index contributed by atoms with van der Waals surface area (Å²) in [6.45, 7) is 5.49. The van der Waals surface area contributed by atoms with Crippen molar-refractivity contribution < 1.29 is 3.07 Å². The Labute approximate surface area is 71.8 Å². The van der Waals surface area contributed by atoms with Crippen LogP contribution in [0.2, 0.25) is 0 Å². The van der Waals surface area contributed by atoms with Gasteiger partial charge in [-0.05, 0) is 0 Å². The second kappa shape index (κ2) is 6.87. The van der Waals surface area contributed by atoms with Crippen molar-refractivity contribution in [1.29, 1.82) is 0 Å². The van der Waals surface area contributed by atoms with Gasteiger partial charge in [0.2, 0.25) is 0 Å². The molecule has 0 fully saturated rings. The first-order valence-corrected chi connectivity index (χ1v) is 4.76. The zero-order chi connectivity index (χ0) is 7.11. The summed E-state index contributed by atoms with van der Waals surface area (Å²) in [7, 11) is 0. The van der Waals surface area contributed by atoms with E-state index in [0.29, 0.717) is 0 Å². The van der Waals surface area contributed by atoms with Gasteiger partial charge >= 0.3 is 71.6 Å². The Kier molecular flexibility index (Phi) is 7.45. The molecule has 0 aromatic carbocycles. The monoisotopic (exact) mass is 235 g/mol. The summed E-state index contributed by atoms with van der Waals surface area (Å²) in [5.41, 5.74) is 0. The van der Waals surface area contributed by atoms with Crippen molar-refractivity contribution in [1.82, 2.24) is 0 Å². The summed E-state index contributed by atoms with van der Waals surface area (Å²) in [5.74, 6) is 0.885. The molecule has 0 heterocycles. The van der Waals surface area contributed by atoms with Gasteiger partial charge in [0.15, 0.2) is 0 Å². The Hall–Kier alpha value is 0.759. The number of rotatable bonds is 5. The standard InChI is InChI=1S/C7H15O.Sn/c1-3-7(2)5-4-6-8;/h7H,3-6H2,1-2H3;/q-1;+1. The summed E-state index contributed by atoms with van der Waals surface area (Å²) in [6, 6.07) is 0. The molecule has 0 rings (SSSR count). The Morgan fingerprint density at radius 3 is 2.67 bits per heavy atom. The van der Waals surface area contributed by atoms with Gasteiger partial charge in [-0.25, -0.2) is 0 Å². The average molecular weight is 234 g/mol. The van der Waals surface area contributed by atoms with Crippen molar-refractivity contribution in [2.45, 2.75) is 33.1 Å². The first-order chi connectivity index (χ1) is 4.31. The molecule has 0 aromatic rings. The Morgan fingerprint density at radius 1 is 1.56 bits per heavy atom. The maximum atomic E-state index is 5.03. The van der Waals surface area contributed by atoms with E-state index in [1.165, 1.54) is 42.2 Å². The Balaban J connectivity index is 2.88. The van der Waals surface area contributed by atoms with E-state index in [9.17, 15) is 0 Å². The van der Waals surface area contributed by atoms with E-state index in [2.05, 4.69) is 13.8 Å². The molecule has 53 valence electrons. The van der Waals surface area contributed by atoms with E-state index >= 15 is 0 Å². The third kappa shape index (κ3) is 6.65. The predicted octanol–water partition coefficient (Wildman–Crippen LogP) is 1.91. The normalized spacial score (nSPS) is 13.7. The summed E-state index contributed by atoms with van der Waals surface area (Å²) in [5, 5.41) is 0. The molecular weight excluding hydrogens is 219 g/mol. The Morgan fingerprint density at radius 2 is 2.22 bits per heavy atom. The van der Waals surface area contributed by atoms with Crippen molar-refractivity contribution in [2.75, 3.05) is 6.61 Å². The van der Waals surface area contributed by atoms with Gasteiger partial charge in [0.25, 0.3) is 0 Å². The molecule has 1 nitrogen and oxygen atoms in total. The average Bonchev–Trinajstić information content (AvgIpc) is 1.89. The van der Waals surface area contributed by atoms with Crippen molar-refractivity contribution in [2.24, 2.45) is 5.92 Å². The van der Waals surface area contributed by atoms with Gasteiger partial charge in [-0.2, -0.15) is 0 Å². The zero-order valence-electron chi connectivity index (χ0n) is 6.31. The number of hydrogen-bond acceptors (Lipinski definition) is 1. The van der Waals surface area contributed by atoms with E-state index in [1.54, 1.807) is 0 Å². The fourth-order valence-corrected chi connectivity index (χ4v) is 1.12. The van der Waals surface area contributed by atoms with Gasteiger partial charge in [0, 0.05) is 0 Å². The van der Waals surface area contributed by atoms with Crippen LogP contribution in [0.25, 0.3) is 0 Å². The van der Waals surface area contributed by atoms with Crippen molar-refractivity contribution >= 4 is 22.9 Å². The summed E-state index contributed by atoms with van der Waals surface area (Å²) < 4.78 is 5.03.